The molecule has 1 rings (SSSR count). The Morgan fingerprint density at radius 3 is 2.29 bits per heavy atom. The summed E-state index contributed by atoms with van der Waals surface area (Å²) in [7, 11) is 0. The molecule has 0 aromatic carbocycles. The Morgan fingerprint density at radius 2 is 1.86 bits per heavy atom. The smallest absolute Gasteiger partial charge is 0.242 e. The zero-order valence-corrected chi connectivity index (χ0v) is 14.7. The second kappa shape index (κ2) is 8.74. The van der Waals surface area contributed by atoms with Crippen molar-refractivity contribution in [3.05, 3.63) is 0 Å². The molecule has 0 aromatic rings. The van der Waals surface area contributed by atoms with E-state index in [4.69, 9.17) is 0 Å². The van der Waals surface area contributed by atoms with Gasteiger partial charge in [0.25, 0.3) is 0 Å². The minimum absolute atomic E-state index is 0.294. The number of nitrogens with one attached hydrogen (secondary N) is 1. The van der Waals surface area contributed by atoms with Crippen molar-refractivity contribution in [3.63, 3.8) is 0 Å². The van der Waals surface area contributed by atoms with Crippen LogP contribution in [0.5, 0.6) is 0 Å². The predicted octanol–water partition coefficient (Wildman–Crippen LogP) is 2.34. The number of hydrogen-bond acceptors (Lipinski definition) is 3. The molecule has 1 saturated heterocycles. The highest BCUT2D eigenvalue weighted by molar-refractivity contribution is 5.86. The van der Waals surface area contributed by atoms with Crippen LogP contribution in [0.3, 0.4) is 0 Å². The largest absolute Gasteiger partial charge is 0.340 e. The van der Waals surface area contributed by atoms with E-state index in [1.165, 1.54) is 0 Å². The van der Waals surface area contributed by atoms with Crippen molar-refractivity contribution in [2.75, 3.05) is 39.3 Å². The molecule has 0 spiro atoms. The van der Waals surface area contributed by atoms with Gasteiger partial charge in [-0.2, -0.15) is 0 Å². The van der Waals surface area contributed by atoms with E-state index in [-0.39, 0.29) is 5.54 Å². The van der Waals surface area contributed by atoms with E-state index in [0.29, 0.717) is 11.8 Å². The maximum Gasteiger partial charge on any atom is 0.242 e. The summed E-state index contributed by atoms with van der Waals surface area (Å²) in [6.07, 6.45) is 3.00. The van der Waals surface area contributed by atoms with Crippen molar-refractivity contribution in [1.29, 1.82) is 0 Å². The molecule has 1 aliphatic rings. The van der Waals surface area contributed by atoms with Crippen molar-refractivity contribution in [2.24, 2.45) is 5.92 Å². The number of carbonyl (C=O) groups is 1. The van der Waals surface area contributed by atoms with Crippen LogP contribution in [0.1, 0.15) is 53.9 Å². The summed E-state index contributed by atoms with van der Waals surface area (Å²) in [6, 6.07) is 0. The molecule has 0 radical (unpaired) electrons. The Bertz CT molecular complexity index is 307. The number of nitrogens with zero attached hydrogens (tertiary/aromatic N) is 2. The highest BCUT2D eigenvalue weighted by atomic mass is 16.2. The highest BCUT2D eigenvalue weighted by Gasteiger charge is 2.41. The van der Waals surface area contributed by atoms with Crippen LogP contribution in [-0.4, -0.2) is 60.5 Å². The molecule has 1 amide bonds. The van der Waals surface area contributed by atoms with Crippen LogP contribution in [-0.2, 0) is 4.79 Å². The Balaban J connectivity index is 2.73. The number of amides is 1. The maximum atomic E-state index is 13.1. The Labute approximate surface area is 131 Å². The van der Waals surface area contributed by atoms with Gasteiger partial charge in [0.15, 0.2) is 0 Å². The van der Waals surface area contributed by atoms with Gasteiger partial charge in [-0.05, 0) is 44.8 Å². The molecule has 0 aromatic heterocycles. The van der Waals surface area contributed by atoms with Gasteiger partial charge in [-0.15, -0.1) is 0 Å². The first-order valence-corrected chi connectivity index (χ1v) is 8.75. The summed E-state index contributed by atoms with van der Waals surface area (Å²) in [4.78, 5) is 17.6. The first-order valence-electron chi connectivity index (χ1n) is 8.75. The van der Waals surface area contributed by atoms with Crippen molar-refractivity contribution in [3.8, 4) is 0 Å². The molecule has 21 heavy (non-hydrogen) atoms. The molecular weight excluding hydrogens is 262 g/mol. The molecular formula is C17H35N3O. The second-order valence-electron chi connectivity index (χ2n) is 6.64. The fourth-order valence-electron chi connectivity index (χ4n) is 3.26. The molecule has 1 N–H and O–H groups in total. The summed E-state index contributed by atoms with van der Waals surface area (Å²) in [6.45, 7) is 16.7. The van der Waals surface area contributed by atoms with E-state index >= 15 is 0 Å². The molecule has 0 aliphatic carbocycles. The van der Waals surface area contributed by atoms with E-state index in [2.05, 4.69) is 49.7 Å². The molecule has 124 valence electrons. The van der Waals surface area contributed by atoms with E-state index in [9.17, 15) is 4.79 Å². The summed E-state index contributed by atoms with van der Waals surface area (Å²) in [5.41, 5.74) is -0.294. The zero-order chi connectivity index (χ0) is 15.9. The molecule has 1 unspecified atom stereocenters. The fourth-order valence-corrected chi connectivity index (χ4v) is 3.26. The van der Waals surface area contributed by atoms with Gasteiger partial charge < -0.3 is 15.1 Å². The van der Waals surface area contributed by atoms with Gasteiger partial charge >= 0.3 is 0 Å². The third-order valence-corrected chi connectivity index (χ3v) is 4.71. The van der Waals surface area contributed by atoms with E-state index in [1.54, 1.807) is 0 Å². The lowest BCUT2D eigenvalue weighted by Gasteiger charge is -2.36. The lowest BCUT2D eigenvalue weighted by Crippen LogP contribution is -2.56. The summed E-state index contributed by atoms with van der Waals surface area (Å²) in [5.74, 6) is 0.837. The van der Waals surface area contributed by atoms with Gasteiger partial charge in [0, 0.05) is 19.6 Å². The summed E-state index contributed by atoms with van der Waals surface area (Å²) in [5, 5.41) is 3.48. The molecule has 4 nitrogen and oxygen atoms in total. The monoisotopic (exact) mass is 297 g/mol. The minimum Gasteiger partial charge on any atom is -0.340 e. The summed E-state index contributed by atoms with van der Waals surface area (Å²) < 4.78 is 0. The molecule has 1 atom stereocenters. The number of carbonyl (C=O) groups excluding carboxylic acids is 1. The normalized spacial score (nSPS) is 22.2. The van der Waals surface area contributed by atoms with Crippen LogP contribution in [0.25, 0.3) is 0 Å². The molecule has 1 heterocycles. The van der Waals surface area contributed by atoms with Gasteiger partial charge in [0.1, 0.15) is 0 Å². The van der Waals surface area contributed by atoms with E-state index < -0.39 is 0 Å². The molecule has 4 heteroatoms. The third-order valence-electron chi connectivity index (χ3n) is 4.71. The van der Waals surface area contributed by atoms with E-state index in [0.717, 1.165) is 58.5 Å². The second-order valence-corrected chi connectivity index (χ2v) is 6.64. The van der Waals surface area contributed by atoms with Gasteiger partial charge in [0.2, 0.25) is 5.91 Å². The van der Waals surface area contributed by atoms with Crippen molar-refractivity contribution in [2.45, 2.75) is 59.4 Å². The van der Waals surface area contributed by atoms with Crippen LogP contribution in [0.15, 0.2) is 0 Å². The zero-order valence-electron chi connectivity index (χ0n) is 14.7. The average molecular weight is 297 g/mol. The lowest BCUT2D eigenvalue weighted by molar-refractivity contribution is -0.138. The molecule has 0 bridgehead atoms. The van der Waals surface area contributed by atoms with Crippen molar-refractivity contribution >= 4 is 5.91 Å². The molecule has 1 aliphatic heterocycles. The predicted molar refractivity (Wildman–Crippen MR) is 89.5 cm³/mol. The topological polar surface area (TPSA) is 35.6 Å². The van der Waals surface area contributed by atoms with Crippen LogP contribution in [0.4, 0.5) is 0 Å². The minimum atomic E-state index is -0.294. The van der Waals surface area contributed by atoms with Gasteiger partial charge in [0.05, 0.1) is 5.54 Å². The Hall–Kier alpha value is -0.610. The lowest BCUT2D eigenvalue weighted by atomic mass is 9.92. The Kier molecular flexibility index (Phi) is 7.67. The number of likely N-dealkylation sites (N-methyl/N-ethyl adjacent to an activating group) is 1. The van der Waals surface area contributed by atoms with Gasteiger partial charge in [-0.25, -0.2) is 0 Å². The number of hydrogen-bond donors (Lipinski definition) is 1. The fraction of sp³-hybridized carbons (Fsp3) is 0.941. The van der Waals surface area contributed by atoms with Crippen molar-refractivity contribution in [1.82, 2.24) is 15.1 Å². The number of rotatable bonds is 9. The quantitative estimate of drug-likeness (QED) is 0.709. The van der Waals surface area contributed by atoms with Crippen LogP contribution >= 0.6 is 0 Å². The first-order chi connectivity index (χ1) is 9.99. The van der Waals surface area contributed by atoms with Crippen LogP contribution in [0.2, 0.25) is 0 Å². The van der Waals surface area contributed by atoms with Gasteiger partial charge in [-0.1, -0.05) is 34.6 Å². The standard InChI is InChI=1S/C17H35N3O/c1-6-17(10-9-11-18-17)16(21)20(14-15(4)5)13-12-19(7-2)8-3/h15,18H,6-14H2,1-5H3. The highest BCUT2D eigenvalue weighted by Crippen LogP contribution is 2.25. The van der Waals surface area contributed by atoms with Crippen LogP contribution in [0, 0.1) is 5.92 Å². The van der Waals surface area contributed by atoms with E-state index in [1.807, 2.05) is 0 Å². The SMILES string of the molecule is CCN(CC)CCN(CC(C)C)C(=O)C1(CC)CCCN1. The first kappa shape index (κ1) is 18.4. The summed E-state index contributed by atoms with van der Waals surface area (Å²) >= 11 is 0. The van der Waals surface area contributed by atoms with Crippen LogP contribution < -0.4 is 5.32 Å². The maximum absolute atomic E-state index is 13.1. The Morgan fingerprint density at radius 1 is 1.19 bits per heavy atom. The molecule has 1 fully saturated rings. The average Bonchev–Trinajstić information content (AvgIpc) is 2.96. The van der Waals surface area contributed by atoms with Crippen molar-refractivity contribution < 1.29 is 4.79 Å². The third kappa shape index (κ3) is 4.96. The molecule has 0 saturated carbocycles. The van der Waals surface area contributed by atoms with Gasteiger partial charge in [-0.3, -0.25) is 4.79 Å².